The molecule has 2 aromatic carbocycles. The Morgan fingerprint density at radius 3 is 2.92 bits per heavy atom. The van der Waals surface area contributed by atoms with Gasteiger partial charge in [-0.2, -0.15) is 4.68 Å². The Balaban J connectivity index is 1.64. The molecule has 0 fully saturated rings. The molecule has 25 heavy (non-hydrogen) atoms. The molecule has 0 unspecified atom stereocenters. The number of thioether (sulfide) groups is 1. The van der Waals surface area contributed by atoms with Crippen molar-refractivity contribution in [2.24, 2.45) is 0 Å². The van der Waals surface area contributed by atoms with Crippen molar-refractivity contribution in [3.8, 4) is 5.69 Å². The summed E-state index contributed by atoms with van der Waals surface area (Å²) in [6, 6.07) is 13.9. The van der Waals surface area contributed by atoms with Crippen molar-refractivity contribution < 1.29 is 4.39 Å². The van der Waals surface area contributed by atoms with Gasteiger partial charge in [-0.3, -0.25) is 4.98 Å². The number of halogens is 2. The van der Waals surface area contributed by atoms with Gasteiger partial charge in [0.15, 0.2) is 0 Å². The van der Waals surface area contributed by atoms with Crippen molar-refractivity contribution in [1.29, 1.82) is 0 Å². The molecule has 0 N–H and O–H groups in total. The minimum absolute atomic E-state index is 0.287. The lowest BCUT2D eigenvalue weighted by Crippen LogP contribution is -1.99. The van der Waals surface area contributed by atoms with E-state index in [1.54, 1.807) is 29.1 Å². The summed E-state index contributed by atoms with van der Waals surface area (Å²) >= 11 is 7.44. The molecule has 2 aromatic heterocycles. The maximum absolute atomic E-state index is 13.9. The number of nitrogens with zero attached hydrogens (tertiary/aromatic N) is 5. The molecule has 0 radical (unpaired) electrons. The first kappa shape index (κ1) is 16.0. The van der Waals surface area contributed by atoms with Crippen molar-refractivity contribution in [3.63, 3.8) is 0 Å². The number of benzene rings is 2. The third kappa shape index (κ3) is 3.33. The van der Waals surface area contributed by atoms with Gasteiger partial charge >= 0.3 is 0 Å². The molecule has 0 aliphatic heterocycles. The van der Waals surface area contributed by atoms with Crippen LogP contribution >= 0.6 is 23.4 Å². The van der Waals surface area contributed by atoms with Crippen molar-refractivity contribution in [1.82, 2.24) is 25.2 Å². The molecule has 5 nitrogen and oxygen atoms in total. The van der Waals surface area contributed by atoms with Crippen LogP contribution in [0, 0.1) is 5.82 Å². The number of pyridine rings is 1. The first-order valence-corrected chi connectivity index (χ1v) is 8.77. The van der Waals surface area contributed by atoms with E-state index in [-0.39, 0.29) is 5.82 Å². The van der Waals surface area contributed by atoms with Gasteiger partial charge in [0.2, 0.25) is 5.16 Å². The summed E-state index contributed by atoms with van der Waals surface area (Å²) in [5, 5.41) is 13.7. The second kappa shape index (κ2) is 6.78. The van der Waals surface area contributed by atoms with E-state index < -0.39 is 0 Å². The second-order valence-corrected chi connectivity index (χ2v) is 6.66. The fourth-order valence-corrected chi connectivity index (χ4v) is 3.57. The molecule has 0 amide bonds. The van der Waals surface area contributed by atoms with Crippen LogP contribution in [0.15, 0.2) is 59.9 Å². The van der Waals surface area contributed by atoms with Gasteiger partial charge < -0.3 is 0 Å². The van der Waals surface area contributed by atoms with Crippen LogP contribution in [0.1, 0.15) is 5.56 Å². The molecule has 0 bridgehead atoms. The zero-order valence-corrected chi connectivity index (χ0v) is 14.4. The van der Waals surface area contributed by atoms with E-state index in [9.17, 15) is 4.39 Å². The molecule has 4 aromatic rings. The maximum Gasteiger partial charge on any atom is 0.214 e. The third-order valence-electron chi connectivity index (χ3n) is 3.60. The summed E-state index contributed by atoms with van der Waals surface area (Å²) in [6.07, 6.45) is 1.70. The molecule has 2 heterocycles. The van der Waals surface area contributed by atoms with E-state index in [0.29, 0.717) is 15.9 Å². The fraction of sp³-hybridized carbons (Fsp3) is 0.0588. The molecule has 0 atom stereocenters. The number of aromatic nitrogens is 5. The normalized spacial score (nSPS) is 11.1. The molecule has 0 spiro atoms. The van der Waals surface area contributed by atoms with Gasteiger partial charge in [-0.15, -0.1) is 5.10 Å². The first-order valence-electron chi connectivity index (χ1n) is 7.41. The third-order valence-corrected chi connectivity index (χ3v) is 4.80. The molecule has 4 rings (SSSR count). The molecule has 0 aliphatic rings. The Hall–Kier alpha value is -2.51. The minimum atomic E-state index is -0.287. The highest BCUT2D eigenvalue weighted by atomic mass is 35.5. The lowest BCUT2D eigenvalue weighted by molar-refractivity contribution is 0.628. The first-order chi connectivity index (χ1) is 12.2. The number of hydrogen-bond acceptors (Lipinski definition) is 5. The summed E-state index contributed by atoms with van der Waals surface area (Å²) in [6.45, 7) is 0. The van der Waals surface area contributed by atoms with Crippen molar-refractivity contribution in [2.45, 2.75) is 10.9 Å². The summed E-state index contributed by atoms with van der Waals surface area (Å²) in [5.74, 6) is 0.206. The quantitative estimate of drug-likeness (QED) is 0.501. The van der Waals surface area contributed by atoms with Crippen molar-refractivity contribution in [2.75, 3.05) is 0 Å². The summed E-state index contributed by atoms with van der Waals surface area (Å²) in [7, 11) is 0. The number of hydrogen-bond donors (Lipinski definition) is 0. The highest BCUT2D eigenvalue weighted by Gasteiger charge is 2.12. The summed E-state index contributed by atoms with van der Waals surface area (Å²) in [5.41, 5.74) is 2.33. The molecule has 0 saturated heterocycles. The van der Waals surface area contributed by atoms with Gasteiger partial charge in [0.1, 0.15) is 5.82 Å². The van der Waals surface area contributed by atoms with Gasteiger partial charge in [-0.1, -0.05) is 35.5 Å². The second-order valence-electron chi connectivity index (χ2n) is 5.28. The van der Waals surface area contributed by atoms with Gasteiger partial charge in [-0.25, -0.2) is 4.39 Å². The average molecular weight is 372 g/mol. The van der Waals surface area contributed by atoms with Crippen LogP contribution in [0.4, 0.5) is 4.39 Å². The topological polar surface area (TPSA) is 56.5 Å². The van der Waals surface area contributed by atoms with Crippen LogP contribution in [0.5, 0.6) is 0 Å². The van der Waals surface area contributed by atoms with E-state index in [4.69, 9.17) is 11.6 Å². The molecular formula is C17H11ClFN5S. The molecule has 8 heteroatoms. The lowest BCUT2D eigenvalue weighted by atomic mass is 10.1. The number of tetrazole rings is 1. The van der Waals surface area contributed by atoms with Crippen LogP contribution in [-0.4, -0.2) is 25.2 Å². The SMILES string of the molecule is Fc1cc(CSc2nnnn2-c2cccc(Cl)c2)c2ncccc2c1. The smallest absolute Gasteiger partial charge is 0.214 e. The lowest BCUT2D eigenvalue weighted by Gasteiger charge is -2.07. The minimum Gasteiger partial charge on any atom is -0.256 e. The molecule has 124 valence electrons. The predicted octanol–water partition coefficient (Wildman–Crippen LogP) is 4.30. The maximum atomic E-state index is 13.9. The van der Waals surface area contributed by atoms with Gasteiger partial charge in [0, 0.05) is 22.4 Å². The Labute approximate surface area is 151 Å². The van der Waals surface area contributed by atoms with Gasteiger partial charge in [-0.05, 0) is 52.4 Å². The van der Waals surface area contributed by atoms with Crippen LogP contribution < -0.4 is 0 Å². The Bertz CT molecular complexity index is 1050. The molecular weight excluding hydrogens is 361 g/mol. The van der Waals surface area contributed by atoms with E-state index >= 15 is 0 Å². The Morgan fingerprint density at radius 2 is 2.04 bits per heavy atom. The number of rotatable bonds is 4. The molecule has 0 aliphatic carbocycles. The highest BCUT2D eigenvalue weighted by molar-refractivity contribution is 7.98. The van der Waals surface area contributed by atoms with E-state index in [2.05, 4.69) is 20.5 Å². The van der Waals surface area contributed by atoms with Crippen molar-refractivity contribution in [3.05, 3.63) is 71.1 Å². The van der Waals surface area contributed by atoms with Crippen LogP contribution in [0.2, 0.25) is 5.02 Å². The summed E-state index contributed by atoms with van der Waals surface area (Å²) < 4.78 is 15.5. The number of fused-ring (bicyclic) bond motifs is 1. The Morgan fingerprint density at radius 1 is 1.12 bits per heavy atom. The zero-order chi connectivity index (χ0) is 17.2. The van der Waals surface area contributed by atoms with E-state index in [0.717, 1.165) is 22.2 Å². The zero-order valence-electron chi connectivity index (χ0n) is 12.8. The molecule has 0 saturated carbocycles. The van der Waals surface area contributed by atoms with E-state index in [1.807, 2.05) is 18.2 Å². The average Bonchev–Trinajstić information content (AvgIpc) is 3.08. The highest BCUT2D eigenvalue weighted by Crippen LogP contribution is 2.27. The standard InChI is InChI=1S/C17H11ClFN5S/c18-13-4-1-5-15(9-13)24-17(21-22-23-24)25-10-12-8-14(19)7-11-3-2-6-20-16(11)12/h1-9H,10H2. The van der Waals surface area contributed by atoms with Gasteiger partial charge in [0.25, 0.3) is 0 Å². The predicted molar refractivity (Wildman–Crippen MR) is 95.4 cm³/mol. The van der Waals surface area contributed by atoms with Crippen molar-refractivity contribution >= 4 is 34.3 Å². The van der Waals surface area contributed by atoms with Gasteiger partial charge in [0.05, 0.1) is 11.2 Å². The monoisotopic (exact) mass is 371 g/mol. The van der Waals surface area contributed by atoms with Crippen LogP contribution in [0.3, 0.4) is 0 Å². The van der Waals surface area contributed by atoms with Crippen LogP contribution in [0.25, 0.3) is 16.6 Å². The largest absolute Gasteiger partial charge is 0.256 e. The Kier molecular flexibility index (Phi) is 4.33. The van der Waals surface area contributed by atoms with E-state index in [1.165, 1.54) is 23.9 Å². The van der Waals surface area contributed by atoms with Crippen LogP contribution in [-0.2, 0) is 5.75 Å². The fourth-order valence-electron chi connectivity index (χ4n) is 2.52. The summed E-state index contributed by atoms with van der Waals surface area (Å²) in [4.78, 5) is 4.36.